The lowest BCUT2D eigenvalue weighted by Crippen LogP contribution is -3.00. The zero-order valence-electron chi connectivity index (χ0n) is 77.6. The number of quaternary nitrogens is 3. The number of unbranched alkanes of at least 4 members (excludes halogenated alkanes) is 3. The number of pyridine rings is 3. The number of thioether (sulfide) groups is 3. The molecule has 0 fully saturated rings. The van der Waals surface area contributed by atoms with E-state index in [4.69, 9.17) is 0 Å². The zero-order chi connectivity index (χ0) is 85.8. The summed E-state index contributed by atoms with van der Waals surface area (Å²) in [7, 11) is 20.4. The molecule has 0 atom stereocenters. The number of para-hydroxylation sites is 9. The van der Waals surface area contributed by atoms with E-state index < -0.39 is 0 Å². The first-order chi connectivity index (χ1) is 59.2. The molecule has 22 heteroatoms. The molecule has 0 bridgehead atoms. The second kappa shape index (κ2) is 53.0. The lowest BCUT2D eigenvalue weighted by molar-refractivity contribution is -0.890. The molecule has 128 heavy (non-hydrogen) atoms. The third kappa shape index (κ3) is 27.9. The van der Waals surface area contributed by atoms with Crippen LogP contribution in [0.15, 0.2) is 285 Å². The van der Waals surface area contributed by atoms with Crippen molar-refractivity contribution in [3.8, 4) is 17.1 Å². The van der Waals surface area contributed by atoms with E-state index in [1.807, 2.05) is 35.3 Å². The summed E-state index contributed by atoms with van der Waals surface area (Å²) >= 11 is 5.56. The number of halogens is 6. The summed E-state index contributed by atoms with van der Waals surface area (Å²) in [5, 5.41) is 17.1. The monoisotopic (exact) mass is 2450 g/mol. The molecule has 13 nitrogen and oxygen atoms in total. The molecule has 3 aromatic heterocycles. The van der Waals surface area contributed by atoms with Crippen molar-refractivity contribution in [3.63, 3.8) is 0 Å². The van der Waals surface area contributed by atoms with Gasteiger partial charge in [0.15, 0.2) is 0 Å². The Morgan fingerprint density at radius 2 is 0.562 bits per heavy atom. The van der Waals surface area contributed by atoms with Crippen LogP contribution >= 0.6 is 35.3 Å². The maximum Gasteiger partial charge on any atom is 0.282 e. The van der Waals surface area contributed by atoms with Crippen molar-refractivity contribution >= 4 is 121 Å². The molecule has 6 heterocycles. The minimum atomic E-state index is 0. The van der Waals surface area contributed by atoms with Crippen LogP contribution in [-0.2, 0) is 0 Å². The molecule has 0 saturated carbocycles. The molecule has 3 aliphatic rings. The largest absolute Gasteiger partial charge is 1.00 e. The van der Waals surface area contributed by atoms with Gasteiger partial charge in [0, 0.05) is 89.4 Å². The summed E-state index contributed by atoms with van der Waals surface area (Å²) in [4.78, 5) is 18.8. The molecule has 0 amide bonds. The van der Waals surface area contributed by atoms with E-state index >= 15 is 0 Å². The molecule has 0 spiro atoms. The van der Waals surface area contributed by atoms with E-state index in [1.165, 1.54) is 189 Å². The van der Waals surface area contributed by atoms with Gasteiger partial charge in [-0.15, -0.1) is 0 Å². The number of likely N-dealkylation sites (N-methyl/N-ethyl adjacent to an activating group) is 1. The van der Waals surface area contributed by atoms with Gasteiger partial charge in [0.05, 0.1) is 153 Å². The number of hydrogen-bond donors (Lipinski definition) is 1. The summed E-state index contributed by atoms with van der Waals surface area (Å²) in [5.41, 5.74) is 14.9. The molecule has 1 N–H and O–H groups in total. The van der Waals surface area contributed by atoms with Crippen LogP contribution in [-0.4, -0.2) is 167 Å². The molecule has 12 aromatic rings. The highest BCUT2D eigenvalue weighted by Gasteiger charge is 2.33. The second-order valence-electron chi connectivity index (χ2n) is 34.8. The number of anilines is 6. The van der Waals surface area contributed by atoms with Gasteiger partial charge >= 0.3 is 0 Å². The van der Waals surface area contributed by atoms with Crippen molar-refractivity contribution in [1.29, 1.82) is 0 Å². The average Bonchev–Trinajstić information content (AvgIpc) is 0.879. The molecule has 684 valence electrons. The third-order valence-electron chi connectivity index (χ3n) is 24.4. The number of aliphatic hydroxyl groups excluding tert-OH is 1. The Morgan fingerprint density at radius 3 is 0.836 bits per heavy atom. The number of hydrogen-bond acceptors (Lipinski definition) is 10. The molecular weight excluding hydrogens is 2310 g/mol. The van der Waals surface area contributed by atoms with E-state index in [0.717, 1.165) is 98.0 Å². The quantitative estimate of drug-likeness (QED) is 0.0346. The summed E-state index contributed by atoms with van der Waals surface area (Å²) in [5.74, 6) is 3.78. The SMILES string of the molecule is CCCCN(CCC[N+](C)(C)CC)c1cc(C=C2Sc3ccccc3N2C)c2ccccc2[n+]1-c1ccccc1.CCCCN(CCC[N+](C)(C)CCC)c1cc(C=C2Sc3ccccc3N2C)c2ccccc2[n+]1-c1ccccc1.CCCCN(CCC[N+](C)(C)CCO)c1cc(C=C2Sc3ccccc3N2C)c2ccccc2[n+]1-c1ccccc1.[I-].[I-].[I-].[I-].[I-].[I-]. The van der Waals surface area contributed by atoms with Crippen LogP contribution in [0.2, 0.25) is 0 Å². The lowest BCUT2D eigenvalue weighted by Gasteiger charge is -2.30. The number of fused-ring (bicyclic) bond motifs is 6. The first-order valence-electron chi connectivity index (χ1n) is 44.8. The first kappa shape index (κ1) is 110. The van der Waals surface area contributed by atoms with Crippen molar-refractivity contribution in [2.24, 2.45) is 0 Å². The third-order valence-corrected chi connectivity index (χ3v) is 27.9. The Morgan fingerprint density at radius 1 is 0.305 bits per heavy atom. The normalized spacial score (nSPS) is 13.5. The van der Waals surface area contributed by atoms with Gasteiger partial charge < -0.3 is 177 Å². The highest BCUT2D eigenvalue weighted by atomic mass is 127. The van der Waals surface area contributed by atoms with Crippen molar-refractivity contribution < 1.29 is 176 Å². The van der Waals surface area contributed by atoms with Crippen LogP contribution in [0.25, 0.3) is 68.0 Å². The minimum Gasteiger partial charge on any atom is -1.00 e. The first-order valence-corrected chi connectivity index (χ1v) is 47.3. The van der Waals surface area contributed by atoms with Gasteiger partial charge in [-0.3, -0.25) is 14.7 Å². The molecule has 9 aromatic carbocycles. The topological polar surface area (TPSA) is 51.3 Å². The van der Waals surface area contributed by atoms with E-state index in [0.29, 0.717) is 0 Å². The fourth-order valence-electron chi connectivity index (χ4n) is 17.1. The Bertz CT molecular complexity index is 5360. The molecule has 0 unspecified atom stereocenters. The maximum atomic E-state index is 9.55. The van der Waals surface area contributed by atoms with Gasteiger partial charge in [-0.05, 0) is 159 Å². The van der Waals surface area contributed by atoms with Crippen molar-refractivity contribution in [2.75, 3.05) is 178 Å². The Balaban J connectivity index is 0.000000257. The highest BCUT2D eigenvalue weighted by Crippen LogP contribution is 2.49. The van der Waals surface area contributed by atoms with Crippen LogP contribution in [0.4, 0.5) is 34.5 Å². The fraction of sp³-hybridized carbons (Fsp3) is 0.349. The van der Waals surface area contributed by atoms with Gasteiger partial charge in [0.2, 0.25) is 0 Å². The Hall–Kier alpha value is -5.50. The maximum absolute atomic E-state index is 9.55. The number of aliphatic hydroxyl groups is 1. The fourth-order valence-corrected chi connectivity index (χ4v) is 20.4. The summed E-state index contributed by atoms with van der Waals surface area (Å²) in [6, 6.07) is 92.5. The van der Waals surface area contributed by atoms with Crippen molar-refractivity contribution in [2.45, 2.75) is 114 Å². The summed E-state index contributed by atoms with van der Waals surface area (Å²) in [6.45, 7) is 24.4. The second-order valence-corrected chi connectivity index (χ2v) is 38.0. The molecule has 15 rings (SSSR count). The van der Waals surface area contributed by atoms with E-state index in [9.17, 15) is 5.11 Å². The lowest BCUT2D eigenvalue weighted by atomic mass is 10.1. The number of nitrogens with zero attached hydrogens (tertiary/aromatic N) is 12. The van der Waals surface area contributed by atoms with Crippen molar-refractivity contribution in [1.82, 2.24) is 0 Å². The number of rotatable bonds is 35. The molecule has 3 aliphatic heterocycles. The van der Waals surface area contributed by atoms with Crippen LogP contribution in [0.3, 0.4) is 0 Å². The summed E-state index contributed by atoms with van der Waals surface area (Å²) < 4.78 is 10.4. The molecule has 0 saturated heterocycles. The van der Waals surface area contributed by atoms with Gasteiger partial charge in [0.25, 0.3) is 17.5 Å². The van der Waals surface area contributed by atoms with Crippen LogP contribution < -0.4 is 187 Å². The Labute approximate surface area is 881 Å². The predicted molar refractivity (Wildman–Crippen MR) is 526 cm³/mol. The van der Waals surface area contributed by atoms with Gasteiger partial charge in [0.1, 0.15) is 40.2 Å². The smallest absolute Gasteiger partial charge is 0.282 e. The van der Waals surface area contributed by atoms with E-state index in [2.05, 4.69) is 414 Å². The number of aromatic nitrogens is 3. The Kier molecular flexibility index (Phi) is 45.3. The molecule has 0 radical (unpaired) electrons. The van der Waals surface area contributed by atoms with Crippen LogP contribution in [0, 0.1) is 0 Å². The van der Waals surface area contributed by atoms with Gasteiger partial charge in [-0.1, -0.05) is 228 Å². The molecular formula is C106H134I6N12OS3. The number of benzene rings is 9. The minimum absolute atomic E-state index is 0. The van der Waals surface area contributed by atoms with Gasteiger partial charge in [-0.2, -0.15) is 13.7 Å². The summed E-state index contributed by atoms with van der Waals surface area (Å²) in [6.07, 6.45) is 18.8. The average molecular weight is 2450 g/mol. The van der Waals surface area contributed by atoms with Gasteiger partial charge in [-0.25, -0.2) is 0 Å². The zero-order valence-corrected chi connectivity index (χ0v) is 92.9. The van der Waals surface area contributed by atoms with E-state index in [-0.39, 0.29) is 150 Å². The van der Waals surface area contributed by atoms with Crippen LogP contribution in [0.1, 0.15) is 116 Å². The standard InChI is InChI=1S/C36H46N4S.C35H44N4OS.C35H44N4S.6HI/c1-6-8-23-38(24-16-26-40(4,5)25-7-2)35-27-29(28-36-37(3)33-21-14-15-22-34(33)41-36)31-19-12-13-20-32(31)39(35)30-17-10-9-11-18-30;1-5-6-21-37(22-14-23-39(3,4)24-25-40)34-26-28(27-35-36(2)32-19-12-13-20-33(32)41-35)30-17-10-11-18-31(30)38(34)29-15-8-7-9-16-29;1-6-8-23-37(24-16-25-39(4,5)7-2)34-26-28(27-35-36(3)32-21-14-15-22-33(32)40-35)30-19-12-13-20-31(30)38(34)29-17-10-9-11-18-29;;;;;;/h9-15,17-22,27-28H,6-8,16,23-26H2,1-5H3;7-13,15-20,26-27,40H,5-6,14,21-25H2,1-4H3;9-15,17-22,26-27H,6-8,16,23-25H2,1-5H3;6*1H/q3*+2;;;;;;/p-6. The molecule has 0 aliphatic carbocycles. The van der Waals surface area contributed by atoms with Crippen LogP contribution in [0.5, 0.6) is 0 Å². The van der Waals surface area contributed by atoms with Crippen molar-refractivity contribution in [3.05, 3.63) is 287 Å². The predicted octanol–water partition coefficient (Wildman–Crippen LogP) is 4.64. The van der Waals surface area contributed by atoms with E-state index in [1.54, 1.807) is 0 Å². The highest BCUT2D eigenvalue weighted by molar-refractivity contribution is 8.04.